The minimum Gasteiger partial charge on any atom is -0.255 e. The third kappa shape index (κ3) is 2.58. The van der Waals surface area contributed by atoms with E-state index in [1.807, 2.05) is 12.3 Å². The van der Waals surface area contributed by atoms with Crippen LogP contribution in [0.1, 0.15) is 11.1 Å². The zero-order chi connectivity index (χ0) is 13.2. The molecule has 0 bridgehead atoms. The first kappa shape index (κ1) is 12.8. The van der Waals surface area contributed by atoms with E-state index in [4.69, 9.17) is 0 Å². The van der Waals surface area contributed by atoms with E-state index in [1.54, 1.807) is 0 Å². The van der Waals surface area contributed by atoms with E-state index in [2.05, 4.69) is 79.3 Å². The van der Waals surface area contributed by atoms with E-state index >= 15 is 0 Å². The summed E-state index contributed by atoms with van der Waals surface area (Å²) < 4.78 is 2.05. The van der Waals surface area contributed by atoms with Crippen molar-refractivity contribution < 1.29 is 0 Å². The molecule has 0 spiro atoms. The fraction of sp³-hybridized carbons (Fsp3) is 0.0625. The van der Waals surface area contributed by atoms with Crippen LogP contribution in [-0.4, -0.2) is 4.98 Å². The Morgan fingerprint density at radius 2 is 1.68 bits per heavy atom. The van der Waals surface area contributed by atoms with Crippen LogP contribution in [0.2, 0.25) is 0 Å². The summed E-state index contributed by atoms with van der Waals surface area (Å²) >= 11 is 7.11. The number of nitrogens with zero attached hydrogens (tertiary/aromatic N) is 1. The van der Waals surface area contributed by atoms with E-state index in [1.165, 1.54) is 11.1 Å². The van der Waals surface area contributed by atoms with Gasteiger partial charge < -0.3 is 0 Å². The van der Waals surface area contributed by atoms with Crippen molar-refractivity contribution >= 4 is 42.8 Å². The van der Waals surface area contributed by atoms with Crippen molar-refractivity contribution in [3.63, 3.8) is 0 Å². The van der Waals surface area contributed by atoms with Gasteiger partial charge in [-0.05, 0) is 49.4 Å². The van der Waals surface area contributed by atoms with Crippen molar-refractivity contribution in [2.75, 3.05) is 0 Å². The third-order valence-electron chi connectivity index (χ3n) is 3.11. The Hall–Kier alpha value is -1.19. The maximum Gasteiger partial charge on any atom is 0.0749 e. The number of aromatic nitrogens is 1. The highest BCUT2D eigenvalue weighted by molar-refractivity contribution is 9.13. The molecule has 1 heterocycles. The number of hydrogen-bond acceptors (Lipinski definition) is 1. The molecule has 0 fully saturated rings. The van der Waals surface area contributed by atoms with Gasteiger partial charge in [0.1, 0.15) is 0 Å². The van der Waals surface area contributed by atoms with Crippen LogP contribution in [0, 0.1) is 0 Å². The van der Waals surface area contributed by atoms with Crippen LogP contribution >= 0.6 is 31.9 Å². The minimum atomic E-state index is 0.902. The van der Waals surface area contributed by atoms with Crippen molar-refractivity contribution in [3.8, 4) is 0 Å². The van der Waals surface area contributed by atoms with Crippen molar-refractivity contribution in [2.24, 2.45) is 0 Å². The molecule has 0 aliphatic carbocycles. The fourth-order valence-corrected chi connectivity index (χ4v) is 2.92. The second-order valence-electron chi connectivity index (χ2n) is 4.40. The molecular formula is C16H11Br2N. The number of halogens is 2. The number of hydrogen-bond donors (Lipinski definition) is 0. The first-order valence-electron chi connectivity index (χ1n) is 6.01. The maximum absolute atomic E-state index is 4.56. The number of pyridine rings is 1. The van der Waals surface area contributed by atoms with Crippen LogP contribution in [0.15, 0.2) is 63.7 Å². The largest absolute Gasteiger partial charge is 0.255 e. The van der Waals surface area contributed by atoms with Gasteiger partial charge in [0.2, 0.25) is 0 Å². The Kier molecular flexibility index (Phi) is 3.67. The van der Waals surface area contributed by atoms with Crippen LogP contribution in [0.25, 0.3) is 10.9 Å². The molecule has 0 aliphatic heterocycles. The zero-order valence-electron chi connectivity index (χ0n) is 10.1. The van der Waals surface area contributed by atoms with E-state index in [0.29, 0.717) is 0 Å². The normalized spacial score (nSPS) is 10.8. The number of para-hydroxylation sites is 1. The third-order valence-corrected chi connectivity index (χ3v) is 5.10. The monoisotopic (exact) mass is 375 g/mol. The summed E-state index contributed by atoms with van der Waals surface area (Å²) in [5, 5.41) is 1.14. The molecule has 0 saturated carbocycles. The van der Waals surface area contributed by atoms with E-state index < -0.39 is 0 Å². The summed E-state index contributed by atoms with van der Waals surface area (Å²) in [4.78, 5) is 4.56. The lowest BCUT2D eigenvalue weighted by Crippen LogP contribution is -1.92. The summed E-state index contributed by atoms with van der Waals surface area (Å²) in [5.41, 5.74) is 3.61. The molecule has 0 unspecified atom stereocenters. The van der Waals surface area contributed by atoms with Crippen molar-refractivity contribution in [1.82, 2.24) is 4.98 Å². The molecule has 0 amide bonds. The van der Waals surface area contributed by atoms with E-state index in [0.717, 1.165) is 26.3 Å². The number of benzene rings is 2. The predicted octanol–water partition coefficient (Wildman–Crippen LogP) is 5.35. The van der Waals surface area contributed by atoms with Crippen molar-refractivity contribution in [2.45, 2.75) is 6.42 Å². The van der Waals surface area contributed by atoms with E-state index in [9.17, 15) is 0 Å². The average molecular weight is 377 g/mol. The molecule has 0 saturated heterocycles. The minimum absolute atomic E-state index is 0.902. The number of fused-ring (bicyclic) bond motifs is 1. The van der Waals surface area contributed by atoms with Gasteiger partial charge in [-0.1, -0.05) is 48.5 Å². The summed E-state index contributed by atoms with van der Waals surface area (Å²) in [5.74, 6) is 0. The zero-order valence-corrected chi connectivity index (χ0v) is 13.3. The van der Waals surface area contributed by atoms with Gasteiger partial charge in [-0.2, -0.15) is 0 Å². The van der Waals surface area contributed by atoms with Crippen molar-refractivity contribution in [3.05, 3.63) is 74.8 Å². The van der Waals surface area contributed by atoms with Gasteiger partial charge in [-0.3, -0.25) is 4.98 Å². The van der Waals surface area contributed by atoms with Crippen LogP contribution in [0.3, 0.4) is 0 Å². The van der Waals surface area contributed by atoms with Gasteiger partial charge in [0.25, 0.3) is 0 Å². The van der Waals surface area contributed by atoms with E-state index in [-0.39, 0.29) is 0 Å². The Balaban J connectivity index is 2.12. The molecule has 3 aromatic rings. The highest BCUT2D eigenvalue weighted by Crippen LogP contribution is 2.31. The summed E-state index contributed by atoms with van der Waals surface area (Å²) in [6, 6.07) is 16.8. The molecule has 19 heavy (non-hydrogen) atoms. The summed E-state index contributed by atoms with van der Waals surface area (Å²) in [6.07, 6.45) is 2.75. The van der Waals surface area contributed by atoms with Gasteiger partial charge in [-0.15, -0.1) is 0 Å². The van der Waals surface area contributed by atoms with Gasteiger partial charge in [0, 0.05) is 16.1 Å². The molecule has 0 radical (unpaired) electrons. The molecule has 2 aromatic carbocycles. The van der Waals surface area contributed by atoms with Crippen molar-refractivity contribution in [1.29, 1.82) is 0 Å². The van der Waals surface area contributed by atoms with Crippen LogP contribution < -0.4 is 0 Å². The molecule has 3 heteroatoms. The Bertz CT molecular complexity index is 723. The molecule has 3 rings (SSSR count). The van der Waals surface area contributed by atoms with Gasteiger partial charge in [0.15, 0.2) is 0 Å². The summed E-state index contributed by atoms with van der Waals surface area (Å²) in [6.45, 7) is 0. The lowest BCUT2D eigenvalue weighted by molar-refractivity contribution is 1.19. The Morgan fingerprint density at radius 1 is 0.895 bits per heavy atom. The molecule has 1 aromatic heterocycles. The average Bonchev–Trinajstić information content (AvgIpc) is 2.45. The molecule has 1 nitrogen and oxygen atoms in total. The lowest BCUT2D eigenvalue weighted by Gasteiger charge is -2.08. The Morgan fingerprint density at radius 3 is 2.47 bits per heavy atom. The number of rotatable bonds is 2. The molecule has 94 valence electrons. The van der Waals surface area contributed by atoms with Gasteiger partial charge in [0.05, 0.1) is 9.99 Å². The lowest BCUT2D eigenvalue weighted by atomic mass is 10.0. The second kappa shape index (κ2) is 5.43. The SMILES string of the molecule is Brc1cnc2c(Cc3ccccc3)cccc2c1Br. The Labute approximate surface area is 128 Å². The first-order chi connectivity index (χ1) is 9.25. The van der Waals surface area contributed by atoms with Crippen LogP contribution in [0.4, 0.5) is 0 Å². The molecule has 0 atom stereocenters. The highest BCUT2D eigenvalue weighted by Gasteiger charge is 2.08. The quantitative estimate of drug-likeness (QED) is 0.587. The smallest absolute Gasteiger partial charge is 0.0749 e. The van der Waals surface area contributed by atoms with Gasteiger partial charge >= 0.3 is 0 Å². The summed E-state index contributed by atoms with van der Waals surface area (Å²) in [7, 11) is 0. The molecular weight excluding hydrogens is 366 g/mol. The van der Waals surface area contributed by atoms with Crippen LogP contribution in [-0.2, 0) is 6.42 Å². The predicted molar refractivity (Wildman–Crippen MR) is 86.4 cm³/mol. The van der Waals surface area contributed by atoms with Crippen LogP contribution in [0.5, 0.6) is 0 Å². The first-order valence-corrected chi connectivity index (χ1v) is 7.60. The standard InChI is InChI=1S/C16H11Br2N/c17-14-10-19-16-12(7-4-8-13(16)15(14)18)9-11-5-2-1-3-6-11/h1-8,10H,9H2. The fourth-order valence-electron chi connectivity index (χ4n) is 2.19. The second-order valence-corrected chi connectivity index (χ2v) is 6.04. The highest BCUT2D eigenvalue weighted by atomic mass is 79.9. The maximum atomic E-state index is 4.56. The van der Waals surface area contributed by atoms with Gasteiger partial charge in [-0.25, -0.2) is 0 Å². The molecule has 0 N–H and O–H groups in total. The topological polar surface area (TPSA) is 12.9 Å². The molecule has 0 aliphatic rings.